The Labute approximate surface area is 173 Å². The number of ketones is 1. The Hall–Kier alpha value is -2.36. The zero-order valence-corrected chi connectivity index (χ0v) is 17.4. The van der Waals surface area contributed by atoms with Crippen molar-refractivity contribution in [1.82, 2.24) is 9.55 Å². The maximum atomic E-state index is 12.9. The summed E-state index contributed by atoms with van der Waals surface area (Å²) in [6, 6.07) is 12.5. The van der Waals surface area contributed by atoms with E-state index in [-0.39, 0.29) is 5.78 Å². The van der Waals surface area contributed by atoms with Crippen molar-refractivity contribution in [3.05, 3.63) is 57.4 Å². The number of thiophene rings is 1. The number of carbonyl (C=O) groups is 1. The lowest BCUT2D eigenvalue weighted by Crippen LogP contribution is -2.06. The first-order chi connectivity index (χ1) is 13.7. The molecule has 0 amide bonds. The molecule has 0 aliphatic heterocycles. The van der Waals surface area contributed by atoms with E-state index in [4.69, 9.17) is 0 Å². The number of rotatable bonds is 6. The minimum Gasteiger partial charge on any atom is -0.319 e. The number of imidazole rings is 1. The van der Waals surface area contributed by atoms with Crippen LogP contribution in [0.25, 0.3) is 11.3 Å². The van der Waals surface area contributed by atoms with E-state index in [0.29, 0.717) is 16.2 Å². The molecule has 0 saturated heterocycles. The fourth-order valence-electron chi connectivity index (χ4n) is 3.70. The topological polar surface area (TPSA) is 58.7 Å². The molecule has 0 spiro atoms. The molecule has 1 aliphatic rings. The molecule has 28 heavy (non-hydrogen) atoms. The van der Waals surface area contributed by atoms with E-state index in [2.05, 4.69) is 34.7 Å². The lowest BCUT2D eigenvalue weighted by molar-refractivity contribution is 0.102. The number of nitrogens with zero attached hydrogens (tertiary/aromatic N) is 3. The average Bonchev–Trinajstić information content (AvgIpc) is 3.33. The Bertz CT molecular complexity index is 1040. The van der Waals surface area contributed by atoms with Crippen molar-refractivity contribution in [2.24, 2.45) is 0 Å². The molecule has 1 aromatic carbocycles. The van der Waals surface area contributed by atoms with Gasteiger partial charge >= 0.3 is 0 Å². The molecule has 3 aromatic rings. The second-order valence-electron chi connectivity index (χ2n) is 6.77. The molecule has 0 radical (unpaired) electrons. The van der Waals surface area contributed by atoms with E-state index in [9.17, 15) is 10.1 Å². The van der Waals surface area contributed by atoms with Gasteiger partial charge in [-0.1, -0.05) is 42.1 Å². The lowest BCUT2D eigenvalue weighted by Gasteiger charge is -2.09. The Kier molecular flexibility index (Phi) is 5.65. The first-order valence-electron chi connectivity index (χ1n) is 9.54. The number of hydrogen-bond donors (Lipinski definition) is 0. The van der Waals surface area contributed by atoms with Crippen LogP contribution in [0.5, 0.6) is 0 Å². The molecule has 0 bridgehead atoms. The van der Waals surface area contributed by atoms with Crippen LogP contribution in [0.2, 0.25) is 0 Å². The second-order valence-corrected chi connectivity index (χ2v) is 8.82. The molecule has 6 heteroatoms. The number of aryl methyl sites for hydroxylation is 1. The van der Waals surface area contributed by atoms with Gasteiger partial charge < -0.3 is 4.57 Å². The van der Waals surface area contributed by atoms with E-state index in [0.717, 1.165) is 54.2 Å². The Morgan fingerprint density at radius 2 is 2.07 bits per heavy atom. The fraction of sp³-hybridized carbons (Fsp3) is 0.318. The van der Waals surface area contributed by atoms with Crippen LogP contribution < -0.4 is 0 Å². The first kappa shape index (κ1) is 19.0. The van der Waals surface area contributed by atoms with Crippen molar-refractivity contribution >= 4 is 28.9 Å². The summed E-state index contributed by atoms with van der Waals surface area (Å²) >= 11 is 2.98. The van der Waals surface area contributed by atoms with Crippen molar-refractivity contribution in [3.8, 4) is 17.3 Å². The number of benzene rings is 1. The molecule has 2 heterocycles. The van der Waals surface area contributed by atoms with Crippen LogP contribution in [0.4, 0.5) is 0 Å². The van der Waals surface area contributed by atoms with Gasteiger partial charge in [-0.25, -0.2) is 4.98 Å². The third-order valence-electron chi connectivity index (χ3n) is 5.07. The minimum atomic E-state index is 0.0351. The molecule has 0 fully saturated rings. The van der Waals surface area contributed by atoms with Crippen molar-refractivity contribution in [2.45, 2.75) is 44.3 Å². The van der Waals surface area contributed by atoms with Crippen molar-refractivity contribution < 1.29 is 4.79 Å². The van der Waals surface area contributed by atoms with Crippen LogP contribution in [-0.4, -0.2) is 21.1 Å². The van der Waals surface area contributed by atoms with Crippen LogP contribution in [-0.2, 0) is 19.4 Å². The van der Waals surface area contributed by atoms with Crippen LogP contribution in [0.3, 0.4) is 0 Å². The zero-order chi connectivity index (χ0) is 19.5. The molecule has 0 atom stereocenters. The average molecular weight is 408 g/mol. The Morgan fingerprint density at radius 1 is 1.29 bits per heavy atom. The van der Waals surface area contributed by atoms with Crippen LogP contribution >= 0.6 is 23.1 Å². The SMILES string of the molecule is CCn1c(-c2ccccc2)cnc1SCC(=O)c1sc2c(c1C#N)CCCC2. The van der Waals surface area contributed by atoms with Gasteiger partial charge in [0.1, 0.15) is 6.07 Å². The minimum absolute atomic E-state index is 0.0351. The van der Waals surface area contributed by atoms with Gasteiger partial charge in [0, 0.05) is 11.4 Å². The van der Waals surface area contributed by atoms with Gasteiger partial charge in [0.05, 0.1) is 28.1 Å². The Balaban J connectivity index is 1.54. The maximum absolute atomic E-state index is 12.9. The third-order valence-corrected chi connectivity index (χ3v) is 7.40. The van der Waals surface area contributed by atoms with Gasteiger partial charge in [-0.2, -0.15) is 5.26 Å². The number of aromatic nitrogens is 2. The number of Topliss-reactive ketones (excluding diaryl/α,β-unsaturated/α-hetero) is 1. The van der Waals surface area contributed by atoms with Gasteiger partial charge in [-0.05, 0) is 43.7 Å². The Morgan fingerprint density at radius 3 is 2.82 bits per heavy atom. The molecule has 0 N–H and O–H groups in total. The number of nitriles is 1. The molecule has 1 aliphatic carbocycles. The number of hydrogen-bond acceptors (Lipinski definition) is 5. The summed E-state index contributed by atoms with van der Waals surface area (Å²) in [6.07, 6.45) is 6.05. The van der Waals surface area contributed by atoms with Gasteiger partial charge in [0.15, 0.2) is 10.9 Å². The number of thioether (sulfide) groups is 1. The summed E-state index contributed by atoms with van der Waals surface area (Å²) in [7, 11) is 0. The van der Waals surface area contributed by atoms with Gasteiger partial charge in [0.2, 0.25) is 0 Å². The van der Waals surface area contributed by atoms with E-state index < -0.39 is 0 Å². The predicted octanol–water partition coefficient (Wildman–Crippen LogP) is 5.36. The highest BCUT2D eigenvalue weighted by Crippen LogP contribution is 2.35. The highest BCUT2D eigenvalue weighted by Gasteiger charge is 2.24. The summed E-state index contributed by atoms with van der Waals surface area (Å²) in [6.45, 7) is 2.87. The monoisotopic (exact) mass is 407 g/mol. The van der Waals surface area contributed by atoms with Crippen molar-refractivity contribution in [2.75, 3.05) is 5.75 Å². The van der Waals surface area contributed by atoms with Gasteiger partial charge in [-0.15, -0.1) is 11.3 Å². The van der Waals surface area contributed by atoms with Crippen LogP contribution in [0, 0.1) is 11.3 Å². The largest absolute Gasteiger partial charge is 0.319 e. The standard InChI is InChI=1S/C22H21N3OS2/c1-2-25-18(15-8-4-3-5-9-15)13-24-22(25)27-14-19(26)21-17(12-23)16-10-6-7-11-20(16)28-21/h3-5,8-9,13H,2,6-7,10-11,14H2,1H3. The maximum Gasteiger partial charge on any atom is 0.184 e. The lowest BCUT2D eigenvalue weighted by atomic mass is 9.95. The van der Waals surface area contributed by atoms with E-state index in [1.807, 2.05) is 24.4 Å². The first-order valence-corrected chi connectivity index (χ1v) is 11.3. The molecule has 0 saturated carbocycles. The van der Waals surface area contributed by atoms with Crippen molar-refractivity contribution in [3.63, 3.8) is 0 Å². The molecular formula is C22H21N3OS2. The highest BCUT2D eigenvalue weighted by molar-refractivity contribution is 7.99. The van der Waals surface area contributed by atoms with Crippen LogP contribution in [0.15, 0.2) is 41.7 Å². The second kappa shape index (κ2) is 8.34. The summed E-state index contributed by atoms with van der Waals surface area (Å²) in [5.41, 5.74) is 3.91. The van der Waals surface area contributed by atoms with Gasteiger partial charge in [0.25, 0.3) is 0 Å². The number of fused-ring (bicyclic) bond motifs is 1. The molecular weight excluding hydrogens is 386 g/mol. The summed E-state index contributed by atoms with van der Waals surface area (Å²) in [4.78, 5) is 19.3. The summed E-state index contributed by atoms with van der Waals surface area (Å²) < 4.78 is 2.14. The van der Waals surface area contributed by atoms with E-state index in [1.54, 1.807) is 0 Å². The molecule has 2 aromatic heterocycles. The summed E-state index contributed by atoms with van der Waals surface area (Å²) in [5, 5.41) is 10.4. The van der Waals surface area contributed by atoms with E-state index >= 15 is 0 Å². The summed E-state index contributed by atoms with van der Waals surface area (Å²) in [5.74, 6) is 0.340. The van der Waals surface area contributed by atoms with Crippen molar-refractivity contribution in [1.29, 1.82) is 5.26 Å². The number of carbonyl (C=O) groups excluding carboxylic acids is 1. The molecule has 0 unspecified atom stereocenters. The van der Waals surface area contributed by atoms with E-state index in [1.165, 1.54) is 28.0 Å². The molecule has 4 nitrogen and oxygen atoms in total. The molecule has 4 rings (SSSR count). The van der Waals surface area contributed by atoms with Crippen LogP contribution in [0.1, 0.15) is 45.4 Å². The molecule has 142 valence electrons. The van der Waals surface area contributed by atoms with Gasteiger partial charge in [-0.3, -0.25) is 4.79 Å². The normalized spacial score (nSPS) is 13.1. The smallest absolute Gasteiger partial charge is 0.184 e. The quantitative estimate of drug-likeness (QED) is 0.408. The highest BCUT2D eigenvalue weighted by atomic mass is 32.2. The predicted molar refractivity (Wildman–Crippen MR) is 114 cm³/mol. The third kappa shape index (κ3) is 3.52. The zero-order valence-electron chi connectivity index (χ0n) is 15.8. The fourth-order valence-corrected chi connectivity index (χ4v) is 5.98.